The third-order valence-corrected chi connectivity index (χ3v) is 16.6. The fourth-order valence-corrected chi connectivity index (χ4v) is 13.9. The Balaban J connectivity index is 0.997. The molecule has 15 rings (SSSR count). The molecule has 2 aliphatic heterocycles. The molecule has 0 atom stereocenters. The van der Waals surface area contributed by atoms with Crippen molar-refractivity contribution in [2.75, 3.05) is 4.90 Å². The van der Waals surface area contributed by atoms with Gasteiger partial charge in [-0.1, -0.05) is 200 Å². The zero-order valence-electron chi connectivity index (χ0n) is 37.4. The van der Waals surface area contributed by atoms with Crippen LogP contribution < -0.4 is 9.64 Å². The van der Waals surface area contributed by atoms with E-state index in [0.29, 0.717) is 0 Å². The number of rotatable bonds is 4. The van der Waals surface area contributed by atoms with Crippen molar-refractivity contribution < 1.29 is 4.74 Å². The Morgan fingerprint density at radius 3 is 1.32 bits per heavy atom. The first-order valence-electron chi connectivity index (χ1n) is 23.8. The normalized spacial score (nSPS) is 14.4. The number of hydrogen-bond donors (Lipinski definition) is 0. The summed E-state index contributed by atoms with van der Waals surface area (Å²) in [6, 6.07) is 92.4. The van der Waals surface area contributed by atoms with Crippen LogP contribution in [0.25, 0.3) is 44.2 Å². The van der Waals surface area contributed by atoms with Crippen molar-refractivity contribution >= 4 is 39.6 Å². The van der Waals surface area contributed by atoms with Gasteiger partial charge in [0.05, 0.1) is 10.8 Å². The maximum absolute atomic E-state index is 6.75. The van der Waals surface area contributed by atoms with Crippen LogP contribution in [-0.2, 0) is 10.8 Å². The molecule has 0 aromatic heterocycles. The minimum absolute atomic E-state index is 0.510. The zero-order chi connectivity index (χ0) is 45.3. The summed E-state index contributed by atoms with van der Waals surface area (Å²) >= 11 is 1.88. The highest BCUT2D eigenvalue weighted by atomic mass is 32.2. The van der Waals surface area contributed by atoms with Crippen LogP contribution >= 0.6 is 11.8 Å². The lowest BCUT2D eigenvalue weighted by atomic mass is 9.66. The van der Waals surface area contributed by atoms with Gasteiger partial charge in [0.2, 0.25) is 0 Å². The first-order valence-corrected chi connectivity index (χ1v) is 24.6. The standard InChI is InChI=1S/C66H41NOS/c1-2-18-47-42(16-1)17-15-21-48(47)43-32-34-44(35-33-43)67(45-36-38-51-49-19-3-5-22-53(49)65(59(51)40-45)55-24-7-11-28-61(55)68-62-29-12-8-25-56(62)65)46-37-39-52-50-20-4-6-23-54(50)66(60(52)41-46)57-26-9-13-30-63(57)69-64-31-14-10-27-58(64)66/h1-41H. The maximum atomic E-state index is 6.75. The predicted molar refractivity (Wildman–Crippen MR) is 283 cm³/mol. The summed E-state index contributed by atoms with van der Waals surface area (Å²) in [5.41, 5.74) is 19.8. The summed E-state index contributed by atoms with van der Waals surface area (Å²) in [4.78, 5) is 5.09. The molecule has 2 nitrogen and oxygen atoms in total. The molecule has 3 heteroatoms. The molecule has 0 N–H and O–H groups in total. The monoisotopic (exact) mass is 895 g/mol. The second kappa shape index (κ2) is 14.6. The smallest absolute Gasteiger partial charge is 0.132 e. The number of anilines is 3. The minimum atomic E-state index is -0.603. The Hall–Kier alpha value is -8.37. The number of ether oxygens (including phenoxy) is 1. The van der Waals surface area contributed by atoms with Crippen LogP contribution in [0.1, 0.15) is 44.5 Å². The first-order chi connectivity index (χ1) is 34.2. The van der Waals surface area contributed by atoms with Gasteiger partial charge in [0.15, 0.2) is 0 Å². The third kappa shape index (κ3) is 5.23. The van der Waals surface area contributed by atoms with Gasteiger partial charge in [0.25, 0.3) is 0 Å². The average Bonchev–Trinajstić information content (AvgIpc) is 3.86. The van der Waals surface area contributed by atoms with Gasteiger partial charge in [-0.05, 0) is 138 Å². The Kier molecular flexibility index (Phi) is 8.17. The first kappa shape index (κ1) is 38.7. The largest absolute Gasteiger partial charge is 0.457 e. The van der Waals surface area contributed by atoms with Crippen molar-refractivity contribution in [1.29, 1.82) is 0 Å². The van der Waals surface area contributed by atoms with E-state index in [1.165, 1.54) is 87.3 Å². The van der Waals surface area contributed by atoms with Crippen LogP contribution in [0.15, 0.2) is 259 Å². The molecule has 2 spiro atoms. The Bertz CT molecular complexity index is 3650. The van der Waals surface area contributed by atoms with E-state index < -0.39 is 10.8 Å². The van der Waals surface area contributed by atoms with Gasteiger partial charge in [0.1, 0.15) is 11.5 Å². The van der Waals surface area contributed by atoms with Crippen LogP contribution in [0, 0.1) is 0 Å². The third-order valence-electron chi connectivity index (χ3n) is 15.4. The lowest BCUT2D eigenvalue weighted by molar-refractivity contribution is 0.436. The predicted octanol–water partition coefficient (Wildman–Crippen LogP) is 17.3. The van der Waals surface area contributed by atoms with E-state index in [9.17, 15) is 0 Å². The Labute approximate surface area is 405 Å². The van der Waals surface area contributed by atoms with Crippen molar-refractivity contribution in [3.8, 4) is 44.9 Å². The molecule has 4 aliphatic rings. The molecule has 2 aliphatic carbocycles. The molecule has 11 aromatic rings. The quantitative estimate of drug-likeness (QED) is 0.175. The number of para-hydroxylation sites is 2. The lowest BCUT2D eigenvalue weighted by Gasteiger charge is -2.40. The highest BCUT2D eigenvalue weighted by Gasteiger charge is 2.52. The summed E-state index contributed by atoms with van der Waals surface area (Å²) in [5.74, 6) is 1.78. The topological polar surface area (TPSA) is 12.5 Å². The van der Waals surface area contributed by atoms with E-state index in [-0.39, 0.29) is 0 Å². The van der Waals surface area contributed by atoms with Gasteiger partial charge in [-0.25, -0.2) is 0 Å². The van der Waals surface area contributed by atoms with Gasteiger partial charge in [0, 0.05) is 38.0 Å². The molecule has 322 valence electrons. The Morgan fingerprint density at radius 1 is 0.304 bits per heavy atom. The summed E-state index contributed by atoms with van der Waals surface area (Å²) in [7, 11) is 0. The lowest BCUT2D eigenvalue weighted by Crippen LogP contribution is -2.32. The molecular formula is C66H41NOS. The van der Waals surface area contributed by atoms with E-state index in [0.717, 1.165) is 39.7 Å². The molecule has 0 saturated carbocycles. The van der Waals surface area contributed by atoms with Gasteiger partial charge in [-0.3, -0.25) is 0 Å². The molecule has 0 radical (unpaired) electrons. The average molecular weight is 896 g/mol. The van der Waals surface area contributed by atoms with E-state index in [1.54, 1.807) is 0 Å². The van der Waals surface area contributed by atoms with Crippen molar-refractivity contribution in [2.45, 2.75) is 20.6 Å². The summed E-state index contributed by atoms with van der Waals surface area (Å²) in [5, 5.41) is 2.49. The summed E-state index contributed by atoms with van der Waals surface area (Å²) < 4.78 is 6.75. The highest BCUT2D eigenvalue weighted by molar-refractivity contribution is 7.99. The highest BCUT2D eigenvalue weighted by Crippen LogP contribution is 2.65. The molecule has 2 heterocycles. The van der Waals surface area contributed by atoms with Gasteiger partial charge in [-0.15, -0.1) is 0 Å². The fourth-order valence-electron chi connectivity index (χ4n) is 12.7. The van der Waals surface area contributed by atoms with Crippen LogP contribution in [-0.4, -0.2) is 0 Å². The minimum Gasteiger partial charge on any atom is -0.457 e. The van der Waals surface area contributed by atoms with E-state index in [4.69, 9.17) is 4.74 Å². The maximum Gasteiger partial charge on any atom is 0.132 e. The van der Waals surface area contributed by atoms with Crippen molar-refractivity contribution in [3.63, 3.8) is 0 Å². The van der Waals surface area contributed by atoms with Gasteiger partial charge < -0.3 is 9.64 Å². The van der Waals surface area contributed by atoms with E-state index in [1.807, 2.05) is 11.8 Å². The van der Waals surface area contributed by atoms with E-state index in [2.05, 4.69) is 254 Å². The van der Waals surface area contributed by atoms with Crippen molar-refractivity contribution in [1.82, 2.24) is 0 Å². The molecule has 11 aromatic carbocycles. The zero-order valence-corrected chi connectivity index (χ0v) is 38.3. The van der Waals surface area contributed by atoms with Gasteiger partial charge in [-0.2, -0.15) is 0 Å². The van der Waals surface area contributed by atoms with Crippen LogP contribution in [0.3, 0.4) is 0 Å². The molecule has 0 fully saturated rings. The molecule has 69 heavy (non-hydrogen) atoms. The molecular weight excluding hydrogens is 855 g/mol. The SMILES string of the molecule is c1ccc2c(c1)Oc1ccccc1C21c2ccccc2-c2ccc(N(c3ccc(-c4cccc5ccccc45)cc3)c3ccc4c(c3)C3(c5ccccc5Sc5ccccc53)c3ccccc3-4)cc21. The van der Waals surface area contributed by atoms with Crippen LogP contribution in [0.4, 0.5) is 17.1 Å². The summed E-state index contributed by atoms with van der Waals surface area (Å²) in [6.07, 6.45) is 0. The van der Waals surface area contributed by atoms with Crippen molar-refractivity contribution in [2.24, 2.45) is 0 Å². The molecule has 0 bridgehead atoms. The second-order valence-corrected chi connectivity index (χ2v) is 19.7. The van der Waals surface area contributed by atoms with Crippen LogP contribution in [0.5, 0.6) is 11.5 Å². The fraction of sp³-hybridized carbons (Fsp3) is 0.0303. The van der Waals surface area contributed by atoms with Gasteiger partial charge >= 0.3 is 0 Å². The molecule has 0 unspecified atom stereocenters. The summed E-state index contributed by atoms with van der Waals surface area (Å²) in [6.45, 7) is 0. The number of fused-ring (bicyclic) bond motifs is 19. The van der Waals surface area contributed by atoms with Crippen molar-refractivity contribution in [3.05, 3.63) is 293 Å². The molecule has 0 saturated heterocycles. The Morgan fingerprint density at radius 2 is 0.725 bits per heavy atom. The number of hydrogen-bond acceptors (Lipinski definition) is 3. The second-order valence-electron chi connectivity index (χ2n) is 18.6. The van der Waals surface area contributed by atoms with Crippen LogP contribution in [0.2, 0.25) is 0 Å². The number of nitrogens with zero attached hydrogens (tertiary/aromatic N) is 1. The molecule has 0 amide bonds. The number of benzene rings is 11. The van der Waals surface area contributed by atoms with E-state index >= 15 is 0 Å².